The van der Waals surface area contributed by atoms with Crippen LogP contribution in [0.1, 0.15) is 5.56 Å². The fraction of sp³-hybridized carbons (Fsp3) is 0.381. The van der Waals surface area contributed by atoms with E-state index in [1.807, 2.05) is 31.2 Å². The van der Waals surface area contributed by atoms with Gasteiger partial charge in [0, 0.05) is 40.9 Å². The van der Waals surface area contributed by atoms with Crippen molar-refractivity contribution in [2.24, 2.45) is 4.36 Å². The second-order valence-corrected chi connectivity index (χ2v) is 10.1. The van der Waals surface area contributed by atoms with Crippen LogP contribution in [0.3, 0.4) is 0 Å². The Morgan fingerprint density at radius 2 is 2.00 bits per heavy atom. The summed E-state index contributed by atoms with van der Waals surface area (Å²) in [4.78, 5) is 13.2. The van der Waals surface area contributed by atoms with E-state index in [1.165, 1.54) is 6.33 Å². The summed E-state index contributed by atoms with van der Waals surface area (Å²) in [6.45, 7) is 2.87. The van der Waals surface area contributed by atoms with Gasteiger partial charge in [-0.1, -0.05) is 0 Å². The SMILES string of the molecule is CO[C@@H]1COC[C@H]1Oc1ncccc1Nc1ncnc2cc(N=S(C)(C)=O)cc(C)c12. The van der Waals surface area contributed by atoms with E-state index in [2.05, 4.69) is 24.6 Å². The molecule has 1 aliphatic heterocycles. The van der Waals surface area contributed by atoms with Crippen LogP contribution in [0.2, 0.25) is 0 Å². The molecule has 1 saturated heterocycles. The molecule has 0 aliphatic carbocycles. The third-order valence-electron chi connectivity index (χ3n) is 4.81. The minimum Gasteiger partial charge on any atom is -0.468 e. The zero-order valence-electron chi connectivity index (χ0n) is 17.9. The number of anilines is 2. The molecule has 1 N–H and O–H groups in total. The maximum atomic E-state index is 12.1. The molecule has 3 aromatic rings. The molecular weight excluding hydrogens is 418 g/mol. The number of nitrogens with zero attached hydrogens (tertiary/aromatic N) is 4. The highest BCUT2D eigenvalue weighted by molar-refractivity contribution is 7.92. The number of rotatable bonds is 6. The van der Waals surface area contributed by atoms with E-state index >= 15 is 0 Å². The van der Waals surface area contributed by atoms with Crippen LogP contribution in [-0.2, 0) is 19.2 Å². The Labute approximate surface area is 181 Å². The first-order valence-electron chi connectivity index (χ1n) is 9.76. The van der Waals surface area contributed by atoms with Gasteiger partial charge in [0.1, 0.15) is 23.9 Å². The summed E-state index contributed by atoms with van der Waals surface area (Å²) >= 11 is 0. The molecule has 10 heteroatoms. The van der Waals surface area contributed by atoms with Crippen LogP contribution in [0.25, 0.3) is 10.9 Å². The van der Waals surface area contributed by atoms with Crippen LogP contribution in [0, 0.1) is 6.92 Å². The van der Waals surface area contributed by atoms with Crippen molar-refractivity contribution in [3.05, 3.63) is 42.4 Å². The van der Waals surface area contributed by atoms with Gasteiger partial charge < -0.3 is 19.5 Å². The number of fused-ring (bicyclic) bond motifs is 1. The summed E-state index contributed by atoms with van der Waals surface area (Å²) in [5, 5.41) is 4.17. The molecule has 164 valence electrons. The van der Waals surface area contributed by atoms with E-state index in [9.17, 15) is 4.21 Å². The zero-order chi connectivity index (χ0) is 22.0. The van der Waals surface area contributed by atoms with E-state index < -0.39 is 9.73 Å². The number of hydrogen-bond acceptors (Lipinski definition) is 9. The first kappa shape index (κ1) is 21.4. The lowest BCUT2D eigenvalue weighted by Gasteiger charge is -2.19. The van der Waals surface area contributed by atoms with Crippen LogP contribution in [0.15, 0.2) is 41.2 Å². The number of methoxy groups -OCH3 is 1. The Bertz CT molecular complexity index is 1220. The molecule has 0 amide bonds. The summed E-state index contributed by atoms with van der Waals surface area (Å²) in [5.41, 5.74) is 2.91. The summed E-state index contributed by atoms with van der Waals surface area (Å²) in [6.07, 6.45) is 5.96. The van der Waals surface area contributed by atoms with Crippen LogP contribution in [0.4, 0.5) is 17.2 Å². The molecule has 4 rings (SSSR count). The lowest BCUT2D eigenvalue weighted by molar-refractivity contribution is 0.0311. The quantitative estimate of drug-likeness (QED) is 0.619. The van der Waals surface area contributed by atoms with Crippen molar-refractivity contribution in [2.45, 2.75) is 19.1 Å². The third kappa shape index (κ3) is 4.92. The number of aromatic nitrogens is 3. The Morgan fingerprint density at radius 1 is 1.19 bits per heavy atom. The Kier molecular flexibility index (Phi) is 6.03. The van der Waals surface area contributed by atoms with Crippen molar-refractivity contribution in [2.75, 3.05) is 38.2 Å². The molecule has 31 heavy (non-hydrogen) atoms. The monoisotopic (exact) mass is 443 g/mol. The van der Waals surface area contributed by atoms with Gasteiger partial charge in [-0.25, -0.2) is 19.2 Å². The number of benzene rings is 1. The maximum Gasteiger partial charge on any atom is 0.238 e. The molecule has 1 aromatic carbocycles. The molecule has 2 aromatic heterocycles. The lowest BCUT2D eigenvalue weighted by atomic mass is 10.1. The van der Waals surface area contributed by atoms with E-state index in [-0.39, 0.29) is 12.2 Å². The molecule has 9 nitrogen and oxygen atoms in total. The topological polar surface area (TPSA) is 108 Å². The van der Waals surface area contributed by atoms with Crippen molar-refractivity contribution in [1.29, 1.82) is 0 Å². The zero-order valence-corrected chi connectivity index (χ0v) is 18.7. The van der Waals surface area contributed by atoms with Gasteiger partial charge in [-0.15, -0.1) is 0 Å². The highest BCUT2D eigenvalue weighted by Crippen LogP contribution is 2.33. The van der Waals surface area contributed by atoms with E-state index in [0.29, 0.717) is 41.8 Å². The molecule has 0 bridgehead atoms. The Hall–Kier alpha value is -2.82. The number of pyridine rings is 1. The summed E-state index contributed by atoms with van der Waals surface area (Å²) in [6, 6.07) is 7.38. The van der Waals surface area contributed by atoms with E-state index in [4.69, 9.17) is 14.2 Å². The fourth-order valence-corrected chi connectivity index (χ4v) is 4.08. The third-order valence-corrected chi connectivity index (χ3v) is 5.46. The van der Waals surface area contributed by atoms with E-state index in [1.54, 1.807) is 25.8 Å². The summed E-state index contributed by atoms with van der Waals surface area (Å²) < 4.78 is 33.4. The first-order chi connectivity index (χ1) is 14.8. The van der Waals surface area contributed by atoms with Crippen molar-refractivity contribution in [3.63, 3.8) is 0 Å². The van der Waals surface area contributed by atoms with Gasteiger partial charge in [-0.2, -0.15) is 4.36 Å². The second kappa shape index (κ2) is 8.74. The van der Waals surface area contributed by atoms with Crippen LogP contribution in [0.5, 0.6) is 5.88 Å². The van der Waals surface area contributed by atoms with Gasteiger partial charge in [-0.05, 0) is 36.8 Å². The number of ether oxygens (including phenoxy) is 3. The molecule has 0 unspecified atom stereocenters. The number of nitrogens with one attached hydrogen (secondary N) is 1. The Morgan fingerprint density at radius 3 is 2.77 bits per heavy atom. The van der Waals surface area contributed by atoms with Crippen molar-refractivity contribution in [1.82, 2.24) is 15.0 Å². The van der Waals surface area contributed by atoms with Crippen LogP contribution < -0.4 is 10.1 Å². The smallest absolute Gasteiger partial charge is 0.238 e. The predicted molar refractivity (Wildman–Crippen MR) is 120 cm³/mol. The van der Waals surface area contributed by atoms with Crippen molar-refractivity contribution >= 4 is 37.8 Å². The largest absolute Gasteiger partial charge is 0.468 e. The summed E-state index contributed by atoms with van der Waals surface area (Å²) in [5.74, 6) is 1.05. The molecule has 0 saturated carbocycles. The normalized spacial score (nSPS) is 18.8. The van der Waals surface area contributed by atoms with Gasteiger partial charge in [0.15, 0.2) is 6.10 Å². The second-order valence-electron chi connectivity index (χ2n) is 7.60. The standard InChI is InChI=1S/C21H25N5O4S/c1-13-8-14(26-31(3,4)27)9-16-19(13)20(24-12-23-16)25-15-6-5-7-22-21(15)30-18-11-29-10-17(18)28-2/h5-9,12,17-18H,10-11H2,1-4H3,(H,23,24,25)/t17-,18-/m1/s1. The number of aryl methyl sites for hydroxylation is 1. The molecular formula is C21H25N5O4S. The lowest BCUT2D eigenvalue weighted by Crippen LogP contribution is -2.32. The molecule has 1 aliphatic rings. The first-order valence-corrected chi connectivity index (χ1v) is 12.1. The molecule has 1 fully saturated rings. The molecule has 3 heterocycles. The fourth-order valence-electron chi connectivity index (χ4n) is 3.47. The van der Waals surface area contributed by atoms with Gasteiger partial charge in [0.2, 0.25) is 5.88 Å². The maximum absolute atomic E-state index is 12.1. The summed E-state index contributed by atoms with van der Waals surface area (Å²) in [7, 11) is -0.637. The van der Waals surface area contributed by atoms with Gasteiger partial charge in [0.25, 0.3) is 0 Å². The van der Waals surface area contributed by atoms with Crippen molar-refractivity contribution < 1.29 is 18.4 Å². The molecule has 2 atom stereocenters. The average Bonchev–Trinajstić information content (AvgIpc) is 3.15. The number of hydrogen-bond donors (Lipinski definition) is 1. The Balaban J connectivity index is 1.69. The average molecular weight is 444 g/mol. The van der Waals surface area contributed by atoms with Gasteiger partial charge in [-0.3, -0.25) is 0 Å². The van der Waals surface area contributed by atoms with E-state index in [0.717, 1.165) is 10.9 Å². The van der Waals surface area contributed by atoms with Gasteiger partial charge in [0.05, 0.1) is 24.4 Å². The molecule has 0 spiro atoms. The minimum absolute atomic E-state index is 0.147. The minimum atomic E-state index is -2.27. The predicted octanol–water partition coefficient (Wildman–Crippen LogP) is 3.23. The molecule has 0 radical (unpaired) electrons. The van der Waals surface area contributed by atoms with Crippen LogP contribution >= 0.6 is 0 Å². The van der Waals surface area contributed by atoms with Crippen molar-refractivity contribution in [3.8, 4) is 5.88 Å². The van der Waals surface area contributed by atoms with Gasteiger partial charge >= 0.3 is 0 Å². The highest BCUT2D eigenvalue weighted by atomic mass is 32.2. The van der Waals surface area contributed by atoms with Crippen LogP contribution in [-0.4, -0.2) is 64.2 Å². The highest BCUT2D eigenvalue weighted by Gasteiger charge is 2.31.